The van der Waals surface area contributed by atoms with Crippen LogP contribution in [0.25, 0.3) is 0 Å². The first-order valence-corrected chi connectivity index (χ1v) is 30.5. The maximum absolute atomic E-state index is 12.8. The van der Waals surface area contributed by atoms with E-state index in [2.05, 4.69) is 38.2 Å². The van der Waals surface area contributed by atoms with Crippen LogP contribution in [0.2, 0.25) is 0 Å². The lowest BCUT2D eigenvalue weighted by molar-refractivity contribution is -0.870. The van der Waals surface area contributed by atoms with Crippen molar-refractivity contribution in [1.82, 2.24) is 0 Å². The van der Waals surface area contributed by atoms with E-state index in [1.165, 1.54) is 212 Å². The second-order valence-electron chi connectivity index (χ2n) is 21.0. The van der Waals surface area contributed by atoms with Gasteiger partial charge in [0.15, 0.2) is 6.10 Å². The molecule has 0 saturated carbocycles. The van der Waals surface area contributed by atoms with E-state index >= 15 is 0 Å². The Labute approximate surface area is 421 Å². The number of likely N-dealkylation sites (N-methyl/N-ethyl adjacent to an activating group) is 1. The molecule has 1 unspecified atom stereocenters. The highest BCUT2D eigenvalue weighted by Gasteiger charge is 2.21. The van der Waals surface area contributed by atoms with E-state index in [-0.39, 0.29) is 26.1 Å². The summed E-state index contributed by atoms with van der Waals surface area (Å²) in [6.45, 7) is 4.25. The summed E-state index contributed by atoms with van der Waals surface area (Å²) in [7, 11) is 1.17. The average molecular weight is 983 g/mol. The Kier molecular flexibility index (Phi) is 49.3. The van der Waals surface area contributed by atoms with Crippen molar-refractivity contribution in [2.24, 2.45) is 0 Å². The van der Waals surface area contributed by atoms with Gasteiger partial charge in [-0.2, -0.15) is 0 Å². The zero-order chi connectivity index (χ0) is 49.9. The molecule has 0 radical (unpaired) electrons. The Morgan fingerprint density at radius 3 is 1.13 bits per heavy atom. The highest BCUT2D eigenvalue weighted by molar-refractivity contribution is 7.45. The van der Waals surface area contributed by atoms with Crippen molar-refractivity contribution in [3.05, 3.63) is 24.3 Å². The quantitative estimate of drug-likeness (QED) is 0.0195. The first kappa shape index (κ1) is 66.5. The molecule has 0 N–H and O–H groups in total. The fourth-order valence-electron chi connectivity index (χ4n) is 8.42. The Morgan fingerprint density at radius 1 is 0.441 bits per heavy atom. The largest absolute Gasteiger partial charge is 0.756 e. The predicted octanol–water partition coefficient (Wildman–Crippen LogP) is 17.2. The zero-order valence-electron chi connectivity index (χ0n) is 45.6. The van der Waals surface area contributed by atoms with Gasteiger partial charge in [0.1, 0.15) is 19.8 Å². The van der Waals surface area contributed by atoms with E-state index in [0.29, 0.717) is 23.9 Å². The maximum atomic E-state index is 12.8. The average Bonchev–Trinajstić information content (AvgIpc) is 3.30. The molecule has 10 heteroatoms. The number of quaternary nitrogens is 1. The molecule has 0 bridgehead atoms. The van der Waals surface area contributed by atoms with E-state index in [1.54, 1.807) is 0 Å². The SMILES string of the molecule is CCCCCCCC/C=C/CCCCCCCCCCCCCC(=O)O[C@H](COC(=O)CCC/C=C/CCCCCCCCCCCCCCCCCCCC)COP(=O)([O-])OCC[N+](C)(C)C. The summed E-state index contributed by atoms with van der Waals surface area (Å²) >= 11 is 0. The molecule has 0 aliphatic carbocycles. The van der Waals surface area contributed by atoms with Gasteiger partial charge in [-0.1, -0.05) is 237 Å². The third kappa shape index (κ3) is 53.8. The van der Waals surface area contributed by atoms with Crippen molar-refractivity contribution in [3.8, 4) is 0 Å². The van der Waals surface area contributed by atoms with Gasteiger partial charge in [0.2, 0.25) is 0 Å². The molecule has 9 nitrogen and oxygen atoms in total. The number of allylic oxidation sites excluding steroid dienone is 4. The molecule has 0 rings (SSSR count). The summed E-state index contributed by atoms with van der Waals surface area (Å²) in [6, 6.07) is 0. The first-order valence-electron chi connectivity index (χ1n) is 29.0. The summed E-state index contributed by atoms with van der Waals surface area (Å²) in [5, 5.41) is 0. The number of carbonyl (C=O) groups excluding carboxylic acids is 2. The van der Waals surface area contributed by atoms with Crippen LogP contribution in [0.3, 0.4) is 0 Å². The molecule has 0 fully saturated rings. The van der Waals surface area contributed by atoms with Gasteiger partial charge < -0.3 is 27.9 Å². The van der Waals surface area contributed by atoms with Crippen LogP contribution in [0.4, 0.5) is 0 Å². The van der Waals surface area contributed by atoms with Crippen molar-refractivity contribution < 1.29 is 42.1 Å². The van der Waals surface area contributed by atoms with Gasteiger partial charge in [-0.05, 0) is 57.8 Å². The van der Waals surface area contributed by atoms with Crippen LogP contribution in [0.15, 0.2) is 24.3 Å². The summed E-state index contributed by atoms with van der Waals surface area (Å²) < 4.78 is 34.1. The number of phosphoric acid groups is 1. The summed E-state index contributed by atoms with van der Waals surface area (Å²) in [5.74, 6) is -0.858. The Hall–Kier alpha value is -1.51. The van der Waals surface area contributed by atoms with Crippen LogP contribution in [-0.4, -0.2) is 70.0 Å². The fraction of sp³-hybridized carbons (Fsp3) is 0.897. The number of esters is 2. The molecular weight excluding hydrogens is 870 g/mol. The molecule has 0 saturated heterocycles. The lowest BCUT2D eigenvalue weighted by Gasteiger charge is -2.28. The van der Waals surface area contributed by atoms with Crippen LogP contribution in [0.5, 0.6) is 0 Å². The molecular formula is C58H112NO8P. The van der Waals surface area contributed by atoms with Crippen LogP contribution in [-0.2, 0) is 32.7 Å². The zero-order valence-corrected chi connectivity index (χ0v) is 46.5. The van der Waals surface area contributed by atoms with Crippen LogP contribution in [0, 0.1) is 0 Å². The smallest absolute Gasteiger partial charge is 0.306 e. The van der Waals surface area contributed by atoms with Gasteiger partial charge in [-0.25, -0.2) is 0 Å². The van der Waals surface area contributed by atoms with Crippen LogP contribution < -0.4 is 4.89 Å². The highest BCUT2D eigenvalue weighted by Crippen LogP contribution is 2.38. The van der Waals surface area contributed by atoms with E-state index in [1.807, 2.05) is 21.1 Å². The lowest BCUT2D eigenvalue weighted by atomic mass is 10.0. The summed E-state index contributed by atoms with van der Waals surface area (Å²) in [5.41, 5.74) is 0. The van der Waals surface area contributed by atoms with Gasteiger partial charge >= 0.3 is 11.9 Å². The van der Waals surface area contributed by atoms with Crippen molar-refractivity contribution in [2.75, 3.05) is 47.5 Å². The second kappa shape index (κ2) is 50.4. The minimum absolute atomic E-state index is 0.0325. The monoisotopic (exact) mass is 982 g/mol. The summed E-state index contributed by atoms with van der Waals surface area (Å²) in [4.78, 5) is 37.8. The predicted molar refractivity (Wildman–Crippen MR) is 287 cm³/mol. The van der Waals surface area contributed by atoms with Gasteiger partial charge in [0.05, 0.1) is 27.7 Å². The van der Waals surface area contributed by atoms with E-state index in [9.17, 15) is 19.0 Å². The third-order valence-electron chi connectivity index (χ3n) is 12.9. The van der Waals surface area contributed by atoms with Crippen LogP contribution in [0.1, 0.15) is 284 Å². The van der Waals surface area contributed by atoms with Crippen molar-refractivity contribution in [2.45, 2.75) is 290 Å². The van der Waals surface area contributed by atoms with Gasteiger partial charge in [0.25, 0.3) is 7.82 Å². The molecule has 0 aromatic carbocycles. The van der Waals surface area contributed by atoms with E-state index in [4.69, 9.17) is 18.5 Å². The normalized spacial score (nSPS) is 13.4. The molecule has 0 heterocycles. The van der Waals surface area contributed by atoms with Crippen molar-refractivity contribution >= 4 is 19.8 Å². The number of hydrogen-bond donors (Lipinski definition) is 0. The fourth-order valence-corrected chi connectivity index (χ4v) is 9.15. The van der Waals surface area contributed by atoms with Crippen LogP contribution >= 0.6 is 7.82 Å². The number of ether oxygens (including phenoxy) is 2. The maximum Gasteiger partial charge on any atom is 0.306 e. The number of unbranched alkanes of at least 4 members (excludes halogenated alkanes) is 36. The number of hydrogen-bond acceptors (Lipinski definition) is 8. The Bertz CT molecular complexity index is 1200. The number of nitrogens with zero attached hydrogens (tertiary/aromatic N) is 1. The second-order valence-corrected chi connectivity index (χ2v) is 22.4. The van der Waals surface area contributed by atoms with Gasteiger partial charge in [-0.15, -0.1) is 0 Å². The van der Waals surface area contributed by atoms with E-state index in [0.717, 1.165) is 32.1 Å². The minimum Gasteiger partial charge on any atom is -0.756 e. The number of phosphoric ester groups is 1. The number of rotatable bonds is 54. The lowest BCUT2D eigenvalue weighted by Crippen LogP contribution is -2.37. The minimum atomic E-state index is -4.64. The molecule has 0 aromatic rings. The standard InChI is InChI=1S/C58H112NO8P/c1-6-8-10-12-14-16-18-20-22-24-26-28-29-31-32-34-36-38-40-42-44-46-48-50-57(60)64-54-56(55-66-68(62,63)65-53-52-59(3,4)5)67-58(61)51-49-47-45-43-41-39-37-35-33-30-27-25-23-21-19-17-15-13-11-9-7-2/h21,23,42,44,56H,6-20,22,24-41,43,45-55H2,1-5H3/b23-21+,44-42+/t56-/m1/s1. The Morgan fingerprint density at radius 2 is 0.765 bits per heavy atom. The Balaban J connectivity index is 4.17. The van der Waals surface area contributed by atoms with Crippen molar-refractivity contribution in [3.63, 3.8) is 0 Å². The van der Waals surface area contributed by atoms with Gasteiger partial charge in [-0.3, -0.25) is 14.2 Å². The molecule has 0 aromatic heterocycles. The third-order valence-corrected chi connectivity index (χ3v) is 13.9. The van der Waals surface area contributed by atoms with E-state index < -0.39 is 32.5 Å². The molecule has 2 atom stereocenters. The molecule has 0 spiro atoms. The first-order chi connectivity index (χ1) is 33.0. The number of carbonyl (C=O) groups is 2. The molecule has 68 heavy (non-hydrogen) atoms. The summed E-state index contributed by atoms with van der Waals surface area (Å²) in [6.07, 6.45) is 59.5. The molecule has 0 amide bonds. The molecule has 402 valence electrons. The van der Waals surface area contributed by atoms with Gasteiger partial charge in [0, 0.05) is 12.8 Å². The highest BCUT2D eigenvalue weighted by atomic mass is 31.2. The van der Waals surface area contributed by atoms with Crippen molar-refractivity contribution in [1.29, 1.82) is 0 Å². The molecule has 0 aliphatic heterocycles. The topological polar surface area (TPSA) is 111 Å². The molecule has 0 aliphatic rings.